The minimum Gasteiger partial charge on any atom is -0.497 e. The zero-order valence-electron chi connectivity index (χ0n) is 15.5. The summed E-state index contributed by atoms with van der Waals surface area (Å²) in [4.78, 5) is 10.6. The zero-order valence-corrected chi connectivity index (χ0v) is 15.5. The number of ether oxygens (including phenoxy) is 1. The van der Waals surface area contributed by atoms with Crippen molar-refractivity contribution in [1.29, 1.82) is 0 Å². The number of methoxy groups -OCH3 is 1. The van der Waals surface area contributed by atoms with Crippen LogP contribution in [0, 0.1) is 10.1 Å². The number of nitro benzene ring substituents is 1. The minimum absolute atomic E-state index is 0.0910. The van der Waals surface area contributed by atoms with Gasteiger partial charge in [0, 0.05) is 30.4 Å². The van der Waals surface area contributed by atoms with Gasteiger partial charge in [-0.3, -0.25) is 10.1 Å². The van der Waals surface area contributed by atoms with Crippen LogP contribution in [0.4, 0.5) is 5.69 Å². The number of aromatic nitrogens is 1. The van der Waals surface area contributed by atoms with Gasteiger partial charge in [-0.15, -0.1) is 6.58 Å². The van der Waals surface area contributed by atoms with Crippen LogP contribution in [-0.4, -0.2) is 16.6 Å². The summed E-state index contributed by atoms with van der Waals surface area (Å²) in [6.07, 6.45) is 4.86. The number of nitro groups is 1. The highest BCUT2D eigenvalue weighted by molar-refractivity contribution is 5.85. The van der Waals surface area contributed by atoms with E-state index in [1.165, 1.54) is 5.56 Å². The Bertz CT molecular complexity index is 954. The van der Waals surface area contributed by atoms with Crippen LogP contribution in [0.2, 0.25) is 0 Å². The van der Waals surface area contributed by atoms with Gasteiger partial charge in [-0.25, -0.2) is 0 Å². The molecule has 1 heterocycles. The number of aryl methyl sites for hydroxylation is 1. The van der Waals surface area contributed by atoms with Crippen molar-refractivity contribution < 1.29 is 9.66 Å². The molecule has 0 radical (unpaired) electrons. The molecule has 0 spiro atoms. The maximum Gasteiger partial charge on any atom is 0.269 e. The summed E-state index contributed by atoms with van der Waals surface area (Å²) in [5.41, 5.74) is 5.48. The van der Waals surface area contributed by atoms with E-state index >= 15 is 0 Å². The van der Waals surface area contributed by atoms with Gasteiger partial charge in [0.15, 0.2) is 0 Å². The maximum atomic E-state index is 11.0. The Morgan fingerprint density at radius 3 is 2.26 bits per heavy atom. The molecule has 1 aromatic heterocycles. The van der Waals surface area contributed by atoms with Gasteiger partial charge >= 0.3 is 0 Å². The first-order valence-electron chi connectivity index (χ1n) is 8.81. The molecule has 5 nitrogen and oxygen atoms in total. The number of hydrogen-bond acceptors (Lipinski definition) is 3. The lowest BCUT2D eigenvalue weighted by Crippen LogP contribution is -1.97. The van der Waals surface area contributed by atoms with Crippen molar-refractivity contribution in [3.05, 3.63) is 83.1 Å². The molecule has 0 unspecified atom stereocenters. The largest absolute Gasteiger partial charge is 0.497 e. The van der Waals surface area contributed by atoms with Crippen LogP contribution in [0.5, 0.6) is 5.75 Å². The number of benzene rings is 2. The summed E-state index contributed by atoms with van der Waals surface area (Å²) in [7, 11) is 1.65. The van der Waals surface area contributed by atoms with Crippen LogP contribution in [0.15, 0.2) is 67.4 Å². The van der Waals surface area contributed by atoms with Gasteiger partial charge in [0.2, 0.25) is 0 Å². The van der Waals surface area contributed by atoms with E-state index in [0.717, 1.165) is 34.6 Å². The van der Waals surface area contributed by atoms with E-state index in [4.69, 9.17) is 4.74 Å². The molecule has 3 rings (SSSR count). The quantitative estimate of drug-likeness (QED) is 0.317. The van der Waals surface area contributed by atoms with E-state index in [1.54, 1.807) is 19.2 Å². The van der Waals surface area contributed by atoms with Gasteiger partial charge in [0.1, 0.15) is 5.75 Å². The fourth-order valence-electron chi connectivity index (χ4n) is 3.30. The molecule has 0 fully saturated rings. The zero-order chi connectivity index (χ0) is 19.4. The van der Waals surface area contributed by atoms with Crippen LogP contribution in [0.3, 0.4) is 0 Å². The third kappa shape index (κ3) is 3.62. The van der Waals surface area contributed by atoms with Gasteiger partial charge in [-0.1, -0.05) is 13.0 Å². The summed E-state index contributed by atoms with van der Waals surface area (Å²) in [6, 6.07) is 14.7. The van der Waals surface area contributed by atoms with Crippen LogP contribution in [0.25, 0.3) is 22.4 Å². The van der Waals surface area contributed by atoms with Crippen molar-refractivity contribution in [3.8, 4) is 28.1 Å². The highest BCUT2D eigenvalue weighted by Gasteiger charge is 2.18. The summed E-state index contributed by atoms with van der Waals surface area (Å²) >= 11 is 0. The molecule has 0 aliphatic carbocycles. The Labute approximate surface area is 158 Å². The predicted octanol–water partition coefficient (Wildman–Crippen LogP) is 5.49. The topological polar surface area (TPSA) is 57.3 Å². The minimum atomic E-state index is -0.377. The van der Waals surface area contributed by atoms with Gasteiger partial charge in [0.05, 0.1) is 17.7 Å². The van der Waals surface area contributed by atoms with Crippen molar-refractivity contribution in [1.82, 2.24) is 4.57 Å². The van der Waals surface area contributed by atoms with Gasteiger partial charge in [0.25, 0.3) is 5.69 Å². The molecule has 0 bridgehead atoms. The Hall–Kier alpha value is -3.34. The maximum absolute atomic E-state index is 11.0. The number of rotatable bonds is 7. The second kappa shape index (κ2) is 7.91. The van der Waals surface area contributed by atoms with Crippen molar-refractivity contribution >= 4 is 5.69 Å². The van der Waals surface area contributed by atoms with Crippen molar-refractivity contribution in [2.24, 2.45) is 0 Å². The highest BCUT2D eigenvalue weighted by atomic mass is 16.6. The molecule has 138 valence electrons. The van der Waals surface area contributed by atoms with Crippen molar-refractivity contribution in [3.63, 3.8) is 0 Å². The fourth-order valence-corrected chi connectivity index (χ4v) is 3.30. The highest BCUT2D eigenvalue weighted by Crippen LogP contribution is 2.38. The first kappa shape index (κ1) is 18.5. The molecular weight excluding hydrogens is 340 g/mol. The van der Waals surface area contributed by atoms with Gasteiger partial charge in [-0.05, 0) is 59.5 Å². The predicted molar refractivity (Wildman–Crippen MR) is 108 cm³/mol. The first-order valence-corrected chi connectivity index (χ1v) is 8.81. The normalized spacial score (nSPS) is 10.6. The molecular formula is C22H22N2O3. The Morgan fingerprint density at radius 1 is 1.11 bits per heavy atom. The summed E-state index contributed by atoms with van der Waals surface area (Å²) in [5.74, 6) is 0.799. The summed E-state index contributed by atoms with van der Waals surface area (Å²) in [5, 5.41) is 11.0. The average Bonchev–Trinajstić information content (AvgIpc) is 3.06. The molecule has 0 N–H and O–H groups in total. The number of hydrogen-bond donors (Lipinski definition) is 0. The average molecular weight is 362 g/mol. The fraction of sp³-hybridized carbons (Fsp3) is 0.182. The Morgan fingerprint density at radius 2 is 1.74 bits per heavy atom. The van der Waals surface area contributed by atoms with Crippen LogP contribution in [0.1, 0.15) is 12.5 Å². The number of allylic oxidation sites excluding steroid dienone is 1. The lowest BCUT2D eigenvalue weighted by atomic mass is 9.96. The number of nitrogens with zero attached hydrogens (tertiary/aromatic N) is 2. The lowest BCUT2D eigenvalue weighted by molar-refractivity contribution is -0.384. The molecule has 0 amide bonds. The molecule has 3 aromatic rings. The molecule has 0 aliphatic rings. The third-order valence-electron chi connectivity index (χ3n) is 4.59. The SMILES string of the molecule is C=CCn1cc(CC)c(-c2ccc([N+](=O)[O-])cc2)c1-c1ccc(OC)cc1. The van der Waals surface area contributed by atoms with Crippen LogP contribution in [-0.2, 0) is 13.0 Å². The van der Waals surface area contributed by atoms with E-state index in [9.17, 15) is 10.1 Å². The lowest BCUT2D eigenvalue weighted by Gasteiger charge is -2.12. The molecule has 2 aromatic carbocycles. The third-order valence-corrected chi connectivity index (χ3v) is 4.59. The summed E-state index contributed by atoms with van der Waals surface area (Å²) < 4.78 is 7.44. The van der Waals surface area contributed by atoms with Gasteiger partial charge in [-0.2, -0.15) is 0 Å². The molecule has 0 saturated heterocycles. The molecule has 0 saturated carbocycles. The van der Waals surface area contributed by atoms with E-state index in [1.807, 2.05) is 42.5 Å². The first-order chi connectivity index (χ1) is 13.1. The monoisotopic (exact) mass is 362 g/mol. The molecule has 0 atom stereocenters. The Balaban J connectivity index is 2.21. The van der Waals surface area contributed by atoms with E-state index in [2.05, 4.69) is 24.3 Å². The number of non-ortho nitro benzene ring substituents is 1. The molecule has 27 heavy (non-hydrogen) atoms. The van der Waals surface area contributed by atoms with E-state index in [0.29, 0.717) is 6.54 Å². The van der Waals surface area contributed by atoms with Gasteiger partial charge < -0.3 is 9.30 Å². The van der Waals surface area contributed by atoms with Crippen LogP contribution < -0.4 is 4.74 Å². The second-order valence-electron chi connectivity index (χ2n) is 6.21. The Kier molecular flexibility index (Phi) is 5.41. The van der Waals surface area contributed by atoms with E-state index in [-0.39, 0.29) is 10.6 Å². The molecule has 0 aliphatic heterocycles. The smallest absolute Gasteiger partial charge is 0.269 e. The van der Waals surface area contributed by atoms with Crippen molar-refractivity contribution in [2.45, 2.75) is 19.9 Å². The standard InChI is InChI=1S/C22H22N2O3/c1-4-14-23-15-16(5-2)21(17-6-10-19(11-7-17)24(25)26)22(23)18-8-12-20(27-3)13-9-18/h4,6-13,15H,1,5,14H2,2-3H3. The second-order valence-corrected chi connectivity index (χ2v) is 6.21. The molecule has 5 heteroatoms. The van der Waals surface area contributed by atoms with Crippen LogP contribution >= 0.6 is 0 Å². The van der Waals surface area contributed by atoms with E-state index < -0.39 is 0 Å². The van der Waals surface area contributed by atoms with Crippen molar-refractivity contribution in [2.75, 3.05) is 7.11 Å². The summed E-state index contributed by atoms with van der Waals surface area (Å²) in [6.45, 7) is 6.66.